The number of likely N-dealkylation sites (N-methyl/N-ethyl adjacent to an activating group) is 1. The standard InChI is InChI=1S/C14H20N2O4/c1-3-16(8-9-20-4-2)14(19)15-12-7-5-6-11(10-12)13(17)18/h5-7,10H,3-4,8-9H2,1-2H3,(H,15,19)(H,17,18). The molecule has 0 fully saturated rings. The van der Waals surface area contributed by atoms with Crippen LogP contribution in [0.1, 0.15) is 24.2 Å². The van der Waals surface area contributed by atoms with Crippen molar-refractivity contribution >= 4 is 17.7 Å². The fourth-order valence-electron chi connectivity index (χ4n) is 1.65. The average Bonchev–Trinajstić information content (AvgIpc) is 2.43. The summed E-state index contributed by atoms with van der Waals surface area (Å²) in [7, 11) is 0. The molecule has 110 valence electrons. The number of amides is 2. The monoisotopic (exact) mass is 280 g/mol. The van der Waals surface area contributed by atoms with E-state index in [1.165, 1.54) is 12.1 Å². The van der Waals surface area contributed by atoms with Crippen LogP contribution in [0.2, 0.25) is 0 Å². The number of benzene rings is 1. The van der Waals surface area contributed by atoms with Gasteiger partial charge in [0, 0.05) is 25.4 Å². The molecule has 0 aromatic heterocycles. The molecule has 20 heavy (non-hydrogen) atoms. The first-order chi connectivity index (χ1) is 9.58. The maximum absolute atomic E-state index is 12.0. The van der Waals surface area contributed by atoms with Crippen molar-refractivity contribution in [3.8, 4) is 0 Å². The highest BCUT2D eigenvalue weighted by Gasteiger charge is 2.12. The molecule has 6 heteroatoms. The topological polar surface area (TPSA) is 78.9 Å². The van der Waals surface area contributed by atoms with E-state index in [4.69, 9.17) is 9.84 Å². The Morgan fingerprint density at radius 1 is 1.35 bits per heavy atom. The summed E-state index contributed by atoms with van der Waals surface area (Å²) in [5.41, 5.74) is 0.602. The van der Waals surface area contributed by atoms with Crippen LogP contribution in [0.5, 0.6) is 0 Å². The van der Waals surface area contributed by atoms with Gasteiger partial charge in [0.15, 0.2) is 0 Å². The predicted molar refractivity (Wildman–Crippen MR) is 76.2 cm³/mol. The van der Waals surface area contributed by atoms with Gasteiger partial charge in [0.25, 0.3) is 0 Å². The summed E-state index contributed by atoms with van der Waals surface area (Å²) < 4.78 is 5.22. The number of nitrogens with one attached hydrogen (secondary N) is 1. The molecule has 1 aromatic rings. The molecule has 0 aliphatic carbocycles. The summed E-state index contributed by atoms with van der Waals surface area (Å²) >= 11 is 0. The van der Waals surface area contributed by atoms with Crippen LogP contribution in [0.15, 0.2) is 24.3 Å². The van der Waals surface area contributed by atoms with Crippen LogP contribution in [0, 0.1) is 0 Å². The first-order valence-corrected chi connectivity index (χ1v) is 6.55. The molecule has 2 N–H and O–H groups in total. The third-order valence-corrected chi connectivity index (χ3v) is 2.74. The van der Waals surface area contributed by atoms with Gasteiger partial charge in [-0.2, -0.15) is 0 Å². The van der Waals surface area contributed by atoms with E-state index in [-0.39, 0.29) is 11.6 Å². The van der Waals surface area contributed by atoms with E-state index in [9.17, 15) is 9.59 Å². The van der Waals surface area contributed by atoms with Crippen molar-refractivity contribution in [2.24, 2.45) is 0 Å². The van der Waals surface area contributed by atoms with Crippen molar-refractivity contribution < 1.29 is 19.4 Å². The van der Waals surface area contributed by atoms with Gasteiger partial charge < -0.3 is 20.1 Å². The largest absolute Gasteiger partial charge is 0.478 e. The van der Waals surface area contributed by atoms with E-state index in [0.29, 0.717) is 32.0 Å². The first kappa shape index (κ1) is 16.0. The van der Waals surface area contributed by atoms with Gasteiger partial charge in [-0.3, -0.25) is 0 Å². The normalized spacial score (nSPS) is 10.1. The van der Waals surface area contributed by atoms with Gasteiger partial charge in [-0.05, 0) is 32.0 Å². The SMILES string of the molecule is CCOCCN(CC)C(=O)Nc1cccc(C(=O)O)c1. The lowest BCUT2D eigenvalue weighted by molar-refractivity contribution is 0.0697. The van der Waals surface area contributed by atoms with Crippen LogP contribution in [-0.2, 0) is 4.74 Å². The number of urea groups is 1. The molecule has 0 aliphatic rings. The summed E-state index contributed by atoms with van der Waals surface area (Å²) in [6, 6.07) is 5.88. The maximum atomic E-state index is 12.0. The van der Waals surface area contributed by atoms with E-state index in [0.717, 1.165) is 0 Å². The molecule has 1 aromatic carbocycles. The summed E-state index contributed by atoms with van der Waals surface area (Å²) in [6.45, 7) is 5.91. The van der Waals surface area contributed by atoms with Gasteiger partial charge >= 0.3 is 12.0 Å². The average molecular weight is 280 g/mol. The number of carbonyl (C=O) groups is 2. The van der Waals surface area contributed by atoms with Crippen molar-refractivity contribution in [2.45, 2.75) is 13.8 Å². The van der Waals surface area contributed by atoms with Crippen LogP contribution < -0.4 is 5.32 Å². The van der Waals surface area contributed by atoms with Crippen molar-refractivity contribution in [3.05, 3.63) is 29.8 Å². The van der Waals surface area contributed by atoms with Gasteiger partial charge in [-0.25, -0.2) is 9.59 Å². The number of ether oxygens (including phenoxy) is 1. The molecule has 0 radical (unpaired) electrons. The van der Waals surface area contributed by atoms with Crippen LogP contribution in [0.4, 0.5) is 10.5 Å². The maximum Gasteiger partial charge on any atom is 0.335 e. The lowest BCUT2D eigenvalue weighted by atomic mass is 10.2. The molecular formula is C14H20N2O4. The summed E-state index contributed by atoms with van der Waals surface area (Å²) in [4.78, 5) is 24.5. The smallest absolute Gasteiger partial charge is 0.335 e. The van der Waals surface area contributed by atoms with Crippen LogP contribution in [-0.4, -0.2) is 48.3 Å². The number of carbonyl (C=O) groups excluding carboxylic acids is 1. The fourth-order valence-corrected chi connectivity index (χ4v) is 1.65. The second-order valence-corrected chi connectivity index (χ2v) is 4.09. The fraction of sp³-hybridized carbons (Fsp3) is 0.429. The Hall–Kier alpha value is -2.08. The molecule has 0 bridgehead atoms. The molecule has 0 heterocycles. The predicted octanol–water partition coefficient (Wildman–Crippen LogP) is 2.28. The zero-order chi connectivity index (χ0) is 15.0. The van der Waals surface area contributed by atoms with Gasteiger partial charge in [-0.1, -0.05) is 6.07 Å². The number of carboxylic acids is 1. The number of carboxylic acid groups (broad SMARTS) is 1. The second-order valence-electron chi connectivity index (χ2n) is 4.09. The van der Waals surface area contributed by atoms with Gasteiger partial charge in [0.1, 0.15) is 0 Å². The van der Waals surface area contributed by atoms with Crippen molar-refractivity contribution in [3.63, 3.8) is 0 Å². The number of anilines is 1. The third-order valence-electron chi connectivity index (χ3n) is 2.74. The Morgan fingerprint density at radius 2 is 2.10 bits per heavy atom. The van der Waals surface area contributed by atoms with E-state index >= 15 is 0 Å². The summed E-state index contributed by atoms with van der Waals surface area (Å²) in [5.74, 6) is -1.02. The first-order valence-electron chi connectivity index (χ1n) is 6.55. The minimum atomic E-state index is -1.02. The second kappa shape index (κ2) is 8.16. The van der Waals surface area contributed by atoms with E-state index in [1.54, 1.807) is 17.0 Å². The van der Waals surface area contributed by atoms with Crippen LogP contribution in [0.25, 0.3) is 0 Å². The third kappa shape index (κ3) is 4.89. The molecule has 0 unspecified atom stereocenters. The van der Waals surface area contributed by atoms with Crippen LogP contribution >= 0.6 is 0 Å². The minimum absolute atomic E-state index is 0.139. The lowest BCUT2D eigenvalue weighted by Crippen LogP contribution is -2.37. The Balaban J connectivity index is 2.63. The molecule has 2 amide bonds. The van der Waals surface area contributed by atoms with E-state index in [1.807, 2.05) is 13.8 Å². The quantitative estimate of drug-likeness (QED) is 0.751. The number of hydrogen-bond donors (Lipinski definition) is 2. The number of hydrogen-bond acceptors (Lipinski definition) is 3. The zero-order valence-corrected chi connectivity index (χ0v) is 11.8. The summed E-state index contributed by atoms with van der Waals surface area (Å²) in [6.07, 6.45) is 0. The zero-order valence-electron chi connectivity index (χ0n) is 11.8. The Morgan fingerprint density at radius 3 is 2.70 bits per heavy atom. The number of rotatable bonds is 7. The van der Waals surface area contributed by atoms with Gasteiger partial charge in [0.05, 0.1) is 12.2 Å². The molecule has 0 saturated heterocycles. The summed E-state index contributed by atoms with van der Waals surface area (Å²) in [5, 5.41) is 11.6. The minimum Gasteiger partial charge on any atom is -0.478 e. The molecule has 0 saturated carbocycles. The molecule has 0 atom stereocenters. The Bertz CT molecular complexity index is 462. The Kier molecular flexibility index (Phi) is 6.52. The van der Waals surface area contributed by atoms with E-state index < -0.39 is 5.97 Å². The van der Waals surface area contributed by atoms with Gasteiger partial charge in [0.2, 0.25) is 0 Å². The highest BCUT2D eigenvalue weighted by molar-refractivity contribution is 5.93. The molecule has 0 spiro atoms. The highest BCUT2D eigenvalue weighted by Crippen LogP contribution is 2.11. The van der Waals surface area contributed by atoms with Crippen molar-refractivity contribution in [1.29, 1.82) is 0 Å². The van der Waals surface area contributed by atoms with E-state index in [2.05, 4.69) is 5.32 Å². The van der Waals surface area contributed by atoms with Gasteiger partial charge in [-0.15, -0.1) is 0 Å². The Labute approximate surface area is 118 Å². The number of aromatic carboxylic acids is 1. The molecule has 0 aliphatic heterocycles. The molecule has 6 nitrogen and oxygen atoms in total. The molecular weight excluding hydrogens is 260 g/mol. The molecule has 1 rings (SSSR count). The van der Waals surface area contributed by atoms with Crippen molar-refractivity contribution in [2.75, 3.05) is 31.6 Å². The highest BCUT2D eigenvalue weighted by atomic mass is 16.5. The lowest BCUT2D eigenvalue weighted by Gasteiger charge is -2.21. The van der Waals surface area contributed by atoms with Crippen LogP contribution in [0.3, 0.4) is 0 Å². The van der Waals surface area contributed by atoms with Crippen molar-refractivity contribution in [1.82, 2.24) is 4.90 Å². The number of nitrogens with zero attached hydrogens (tertiary/aromatic N) is 1.